The van der Waals surface area contributed by atoms with E-state index in [4.69, 9.17) is 4.74 Å². The highest BCUT2D eigenvalue weighted by Gasteiger charge is 2.12. The highest BCUT2D eigenvalue weighted by Crippen LogP contribution is 2.09. The maximum Gasteiger partial charge on any atom is 0.355 e. The molecule has 0 aliphatic heterocycles. The minimum absolute atomic E-state index is 0.321. The van der Waals surface area contributed by atoms with Crippen molar-refractivity contribution in [3.05, 3.63) is 62.4 Å². The van der Waals surface area contributed by atoms with E-state index in [1.165, 1.54) is 0 Å². The van der Waals surface area contributed by atoms with Crippen LogP contribution in [0.15, 0.2) is 39.9 Å². The molecule has 8 heteroatoms. The third kappa shape index (κ3) is 4.67. The van der Waals surface area contributed by atoms with Crippen molar-refractivity contribution in [2.75, 3.05) is 11.9 Å². The normalized spacial score (nSPS) is 10.1. The highest BCUT2D eigenvalue weighted by molar-refractivity contribution is 5.94. The average molecular weight is 317 g/mol. The predicted octanol–water partition coefficient (Wildman–Crippen LogP) is 0.421. The fourth-order valence-corrected chi connectivity index (χ4v) is 1.81. The van der Waals surface area contributed by atoms with Gasteiger partial charge in [-0.1, -0.05) is 19.1 Å². The minimum Gasteiger partial charge on any atom is -0.451 e. The van der Waals surface area contributed by atoms with Crippen LogP contribution in [-0.2, 0) is 16.0 Å². The molecule has 1 heterocycles. The predicted molar refractivity (Wildman–Crippen MR) is 82.4 cm³/mol. The largest absolute Gasteiger partial charge is 0.451 e. The van der Waals surface area contributed by atoms with Crippen molar-refractivity contribution in [3.8, 4) is 0 Å². The molecule has 0 unspecified atom stereocenters. The van der Waals surface area contributed by atoms with Gasteiger partial charge in [-0.15, -0.1) is 0 Å². The molecule has 3 N–H and O–H groups in total. The summed E-state index contributed by atoms with van der Waals surface area (Å²) < 4.78 is 4.74. The van der Waals surface area contributed by atoms with Gasteiger partial charge >= 0.3 is 11.7 Å². The second kappa shape index (κ2) is 7.21. The molecule has 8 nitrogen and oxygen atoms in total. The van der Waals surface area contributed by atoms with E-state index >= 15 is 0 Å². The van der Waals surface area contributed by atoms with Gasteiger partial charge in [0.25, 0.3) is 11.5 Å². The van der Waals surface area contributed by atoms with Crippen LogP contribution < -0.4 is 16.6 Å². The first-order chi connectivity index (χ1) is 11.0. The molecule has 1 aromatic carbocycles. The maximum absolute atomic E-state index is 11.7. The van der Waals surface area contributed by atoms with Gasteiger partial charge in [-0.05, 0) is 24.1 Å². The van der Waals surface area contributed by atoms with Crippen molar-refractivity contribution < 1.29 is 14.3 Å². The molecule has 0 saturated carbocycles. The second-order valence-electron chi connectivity index (χ2n) is 4.68. The lowest BCUT2D eigenvalue weighted by molar-refractivity contribution is -0.119. The number of carbonyl (C=O) groups is 2. The summed E-state index contributed by atoms with van der Waals surface area (Å²) in [7, 11) is 0. The summed E-state index contributed by atoms with van der Waals surface area (Å²) in [4.78, 5) is 49.5. The quantitative estimate of drug-likeness (QED) is 0.690. The standard InChI is InChI=1S/C15H15N3O5/c1-2-9-3-5-10(6-4-9)16-13(20)8-23-14(21)11-7-12(19)18-15(22)17-11/h3-7H,2,8H2,1H3,(H,16,20)(H2,17,18,19,22). The summed E-state index contributed by atoms with van der Waals surface area (Å²) in [5.41, 5.74) is -0.176. The number of ether oxygens (including phenoxy) is 1. The van der Waals surface area contributed by atoms with E-state index in [9.17, 15) is 19.2 Å². The number of aromatic nitrogens is 2. The zero-order valence-corrected chi connectivity index (χ0v) is 12.3. The Hall–Kier alpha value is -3.16. The summed E-state index contributed by atoms with van der Waals surface area (Å²) in [6, 6.07) is 8.12. The highest BCUT2D eigenvalue weighted by atomic mass is 16.5. The van der Waals surface area contributed by atoms with Gasteiger partial charge in [0.1, 0.15) is 5.69 Å². The van der Waals surface area contributed by atoms with E-state index in [1.807, 2.05) is 24.0 Å². The molecule has 23 heavy (non-hydrogen) atoms. The number of aromatic amines is 2. The van der Waals surface area contributed by atoms with E-state index in [1.54, 1.807) is 12.1 Å². The summed E-state index contributed by atoms with van der Waals surface area (Å²) in [6.07, 6.45) is 0.889. The van der Waals surface area contributed by atoms with E-state index in [0.29, 0.717) is 5.69 Å². The van der Waals surface area contributed by atoms with Crippen LogP contribution in [0.4, 0.5) is 5.69 Å². The Bertz CT molecular complexity index is 792. The molecule has 0 atom stereocenters. The fourth-order valence-electron chi connectivity index (χ4n) is 1.81. The average Bonchev–Trinajstić information content (AvgIpc) is 2.52. The van der Waals surface area contributed by atoms with Gasteiger partial charge in [0.05, 0.1) is 0 Å². The number of H-pyrrole nitrogens is 2. The number of anilines is 1. The van der Waals surface area contributed by atoms with Crippen LogP contribution in [0.5, 0.6) is 0 Å². The summed E-state index contributed by atoms with van der Waals surface area (Å²) >= 11 is 0. The molecule has 0 aliphatic rings. The van der Waals surface area contributed by atoms with Crippen molar-refractivity contribution in [1.29, 1.82) is 0 Å². The molecule has 1 aromatic heterocycles. The summed E-state index contributed by atoms with van der Waals surface area (Å²) in [6.45, 7) is 1.48. The third-order valence-electron chi connectivity index (χ3n) is 2.96. The number of benzene rings is 1. The van der Waals surface area contributed by atoms with Crippen LogP contribution in [0.3, 0.4) is 0 Å². The molecule has 0 spiro atoms. The molecule has 2 aromatic rings. The van der Waals surface area contributed by atoms with Crippen LogP contribution >= 0.6 is 0 Å². The number of rotatable bonds is 5. The number of nitrogens with one attached hydrogen (secondary N) is 3. The van der Waals surface area contributed by atoms with Crippen LogP contribution in [0.25, 0.3) is 0 Å². The number of esters is 1. The second-order valence-corrected chi connectivity index (χ2v) is 4.68. The van der Waals surface area contributed by atoms with Gasteiger partial charge in [0.15, 0.2) is 6.61 Å². The fraction of sp³-hybridized carbons (Fsp3) is 0.200. The lowest BCUT2D eigenvalue weighted by Gasteiger charge is -2.07. The molecule has 120 valence electrons. The Morgan fingerprint density at radius 1 is 1.13 bits per heavy atom. The van der Waals surface area contributed by atoms with E-state index in [2.05, 4.69) is 10.3 Å². The minimum atomic E-state index is -0.968. The molecule has 1 amide bonds. The van der Waals surface area contributed by atoms with Crippen molar-refractivity contribution in [1.82, 2.24) is 9.97 Å². The lowest BCUT2D eigenvalue weighted by Crippen LogP contribution is -2.27. The van der Waals surface area contributed by atoms with Gasteiger partial charge in [-0.25, -0.2) is 9.59 Å². The van der Waals surface area contributed by atoms with Crippen LogP contribution in [0, 0.1) is 0 Å². The zero-order valence-electron chi connectivity index (χ0n) is 12.3. The molecule has 2 rings (SSSR count). The van der Waals surface area contributed by atoms with Crippen molar-refractivity contribution in [2.45, 2.75) is 13.3 Å². The number of carbonyl (C=O) groups excluding carboxylic acids is 2. The van der Waals surface area contributed by atoms with Gasteiger partial charge in [0, 0.05) is 11.8 Å². The molecule has 0 saturated heterocycles. The Kier molecular flexibility index (Phi) is 5.08. The number of aryl methyl sites for hydroxylation is 1. The lowest BCUT2D eigenvalue weighted by atomic mass is 10.1. The molecule has 0 bridgehead atoms. The maximum atomic E-state index is 11.7. The SMILES string of the molecule is CCc1ccc(NC(=O)COC(=O)c2cc(=O)[nH]c(=O)[nH]2)cc1. The van der Waals surface area contributed by atoms with Crippen LogP contribution in [0.1, 0.15) is 23.0 Å². The molecule has 0 aliphatic carbocycles. The number of hydrogen-bond donors (Lipinski definition) is 3. The summed E-state index contributed by atoms with van der Waals surface area (Å²) in [5, 5.41) is 2.57. The molecule has 0 radical (unpaired) electrons. The van der Waals surface area contributed by atoms with Crippen LogP contribution in [0.2, 0.25) is 0 Å². The van der Waals surface area contributed by atoms with Crippen LogP contribution in [-0.4, -0.2) is 28.5 Å². The molecular formula is C15H15N3O5. The van der Waals surface area contributed by atoms with E-state index < -0.39 is 29.7 Å². The Labute approximate surface area is 130 Å². The Balaban J connectivity index is 1.91. The van der Waals surface area contributed by atoms with E-state index in [-0.39, 0.29) is 5.69 Å². The third-order valence-corrected chi connectivity index (χ3v) is 2.96. The van der Waals surface area contributed by atoms with Gasteiger partial charge in [-0.2, -0.15) is 0 Å². The number of amides is 1. The summed E-state index contributed by atoms with van der Waals surface area (Å²) in [5.74, 6) is -1.50. The first-order valence-corrected chi connectivity index (χ1v) is 6.87. The topological polar surface area (TPSA) is 121 Å². The Morgan fingerprint density at radius 2 is 1.83 bits per heavy atom. The number of hydrogen-bond acceptors (Lipinski definition) is 5. The van der Waals surface area contributed by atoms with E-state index in [0.717, 1.165) is 18.1 Å². The smallest absolute Gasteiger partial charge is 0.355 e. The van der Waals surface area contributed by atoms with Crippen molar-refractivity contribution >= 4 is 17.6 Å². The van der Waals surface area contributed by atoms with Gasteiger partial charge in [0.2, 0.25) is 0 Å². The van der Waals surface area contributed by atoms with Gasteiger partial charge in [-0.3, -0.25) is 14.6 Å². The zero-order chi connectivity index (χ0) is 16.8. The first-order valence-electron chi connectivity index (χ1n) is 6.87. The first kappa shape index (κ1) is 16.2. The van der Waals surface area contributed by atoms with Crippen molar-refractivity contribution in [2.24, 2.45) is 0 Å². The van der Waals surface area contributed by atoms with Crippen molar-refractivity contribution in [3.63, 3.8) is 0 Å². The monoisotopic (exact) mass is 317 g/mol. The Morgan fingerprint density at radius 3 is 2.43 bits per heavy atom. The van der Waals surface area contributed by atoms with Gasteiger partial charge < -0.3 is 15.0 Å². The molecular weight excluding hydrogens is 302 g/mol. The molecule has 0 fully saturated rings.